The van der Waals surface area contributed by atoms with E-state index in [1.54, 1.807) is 29.8 Å². The van der Waals surface area contributed by atoms with E-state index in [-0.39, 0.29) is 6.10 Å². The van der Waals surface area contributed by atoms with Crippen LogP contribution in [0.2, 0.25) is 0 Å². The summed E-state index contributed by atoms with van der Waals surface area (Å²) in [6, 6.07) is 2.16. The molecule has 0 bridgehead atoms. The zero-order chi connectivity index (χ0) is 17.4. The molecule has 1 N–H and O–H groups in total. The van der Waals surface area contributed by atoms with E-state index in [1.807, 2.05) is 14.0 Å². The van der Waals surface area contributed by atoms with Crippen molar-refractivity contribution in [2.45, 2.75) is 32.9 Å². The van der Waals surface area contributed by atoms with Gasteiger partial charge >= 0.3 is 0 Å². The molecule has 2 aromatic rings. The predicted molar refractivity (Wildman–Crippen MR) is 103 cm³/mol. The average molecular weight is 367 g/mol. The maximum atomic E-state index is 5.33. The smallest absolute Gasteiger partial charge is 0.194 e. The van der Waals surface area contributed by atoms with Crippen LogP contribution in [0.15, 0.2) is 27.2 Å². The molecule has 2 aromatic heterocycles. The number of thiophene rings is 1. The van der Waals surface area contributed by atoms with Crippen LogP contribution in [0.1, 0.15) is 36.2 Å². The average Bonchev–Trinajstić information content (AvgIpc) is 3.25. The lowest BCUT2D eigenvalue weighted by atomic mass is 10.2. The van der Waals surface area contributed by atoms with Gasteiger partial charge in [0.2, 0.25) is 0 Å². The first-order valence-corrected chi connectivity index (χ1v) is 9.93. The molecule has 0 saturated heterocycles. The van der Waals surface area contributed by atoms with Crippen LogP contribution in [0.3, 0.4) is 0 Å². The number of ether oxygens (including phenoxy) is 1. The molecule has 5 nitrogen and oxygen atoms in total. The standard InChI is InChI=1S/C17H26N4OS2/c1-5-18-17(19-8-6-14-7-9-23-11-14)21(3)10-15-12-24-16(20-15)13(2)22-4/h7,9,11-13H,5-6,8,10H2,1-4H3,(H,18,19). The third-order valence-electron chi connectivity index (χ3n) is 3.61. The Morgan fingerprint density at radius 2 is 2.29 bits per heavy atom. The molecule has 0 aliphatic heterocycles. The summed E-state index contributed by atoms with van der Waals surface area (Å²) < 4.78 is 5.33. The Labute approximate surface area is 152 Å². The van der Waals surface area contributed by atoms with Gasteiger partial charge < -0.3 is 15.0 Å². The normalized spacial score (nSPS) is 13.1. The van der Waals surface area contributed by atoms with Crippen molar-refractivity contribution >= 4 is 28.6 Å². The van der Waals surface area contributed by atoms with Crippen molar-refractivity contribution in [3.8, 4) is 0 Å². The van der Waals surface area contributed by atoms with Crippen LogP contribution < -0.4 is 5.32 Å². The van der Waals surface area contributed by atoms with E-state index < -0.39 is 0 Å². The van der Waals surface area contributed by atoms with Gasteiger partial charge in [-0.2, -0.15) is 11.3 Å². The highest BCUT2D eigenvalue weighted by Crippen LogP contribution is 2.20. The molecular formula is C17H26N4OS2. The number of aliphatic imine (C=N–C) groups is 1. The summed E-state index contributed by atoms with van der Waals surface area (Å²) in [5.74, 6) is 0.919. The van der Waals surface area contributed by atoms with Gasteiger partial charge in [0, 0.05) is 32.6 Å². The highest BCUT2D eigenvalue weighted by atomic mass is 32.1. The molecule has 0 saturated carbocycles. The van der Waals surface area contributed by atoms with Crippen LogP contribution in [0.5, 0.6) is 0 Å². The molecule has 0 spiro atoms. The van der Waals surface area contributed by atoms with Gasteiger partial charge in [0.25, 0.3) is 0 Å². The second-order valence-corrected chi connectivity index (χ2v) is 7.20. The highest BCUT2D eigenvalue weighted by molar-refractivity contribution is 7.09. The van der Waals surface area contributed by atoms with Gasteiger partial charge in [0.15, 0.2) is 5.96 Å². The monoisotopic (exact) mass is 366 g/mol. The lowest BCUT2D eigenvalue weighted by Crippen LogP contribution is -2.38. The highest BCUT2D eigenvalue weighted by Gasteiger charge is 2.12. The third kappa shape index (κ3) is 5.58. The number of thiazole rings is 1. The van der Waals surface area contributed by atoms with Crippen LogP contribution in [0.4, 0.5) is 0 Å². The van der Waals surface area contributed by atoms with Crippen molar-refractivity contribution in [2.24, 2.45) is 4.99 Å². The molecule has 1 unspecified atom stereocenters. The van der Waals surface area contributed by atoms with Gasteiger partial charge in [0.05, 0.1) is 12.2 Å². The molecule has 0 radical (unpaired) electrons. The Morgan fingerprint density at radius 1 is 1.46 bits per heavy atom. The molecule has 1 atom stereocenters. The van der Waals surface area contributed by atoms with E-state index in [0.717, 1.165) is 42.7 Å². The van der Waals surface area contributed by atoms with Crippen molar-refractivity contribution in [3.05, 3.63) is 38.5 Å². The van der Waals surface area contributed by atoms with E-state index >= 15 is 0 Å². The lowest BCUT2D eigenvalue weighted by molar-refractivity contribution is 0.119. The molecule has 0 aliphatic carbocycles. The van der Waals surface area contributed by atoms with E-state index in [1.165, 1.54) is 5.56 Å². The summed E-state index contributed by atoms with van der Waals surface area (Å²) in [5.41, 5.74) is 2.39. The number of aromatic nitrogens is 1. The first-order valence-electron chi connectivity index (χ1n) is 8.11. The van der Waals surface area contributed by atoms with Crippen LogP contribution in [-0.4, -0.2) is 43.1 Å². The van der Waals surface area contributed by atoms with Gasteiger partial charge in [-0.25, -0.2) is 4.98 Å². The molecule has 24 heavy (non-hydrogen) atoms. The van der Waals surface area contributed by atoms with Crippen molar-refractivity contribution in [3.63, 3.8) is 0 Å². The minimum atomic E-state index is 0.0431. The predicted octanol–water partition coefficient (Wildman–Crippen LogP) is 3.55. The molecular weight excluding hydrogens is 340 g/mol. The fraction of sp³-hybridized carbons (Fsp3) is 0.529. The molecule has 0 aliphatic rings. The van der Waals surface area contributed by atoms with E-state index in [0.29, 0.717) is 0 Å². The lowest BCUT2D eigenvalue weighted by Gasteiger charge is -2.21. The summed E-state index contributed by atoms with van der Waals surface area (Å²) in [6.07, 6.45) is 1.01. The maximum Gasteiger partial charge on any atom is 0.194 e. The Bertz CT molecular complexity index is 624. The van der Waals surface area contributed by atoms with Gasteiger partial charge in [0.1, 0.15) is 11.1 Å². The topological polar surface area (TPSA) is 49.8 Å². The number of guanidine groups is 1. The summed E-state index contributed by atoms with van der Waals surface area (Å²) >= 11 is 3.37. The fourth-order valence-electron chi connectivity index (χ4n) is 2.20. The molecule has 2 heterocycles. The molecule has 0 aromatic carbocycles. The number of nitrogens with zero attached hydrogens (tertiary/aromatic N) is 3. The number of hydrogen-bond acceptors (Lipinski definition) is 5. The van der Waals surface area contributed by atoms with Gasteiger partial charge in [-0.1, -0.05) is 0 Å². The molecule has 7 heteroatoms. The molecule has 132 valence electrons. The van der Waals surface area contributed by atoms with Gasteiger partial charge in [-0.3, -0.25) is 4.99 Å². The zero-order valence-corrected chi connectivity index (χ0v) is 16.4. The number of nitrogens with one attached hydrogen (secondary N) is 1. The van der Waals surface area contributed by atoms with Crippen molar-refractivity contribution in [1.29, 1.82) is 0 Å². The molecule has 0 amide bonds. The summed E-state index contributed by atoms with van der Waals surface area (Å²) in [6.45, 7) is 6.47. The minimum absolute atomic E-state index is 0.0431. The maximum absolute atomic E-state index is 5.33. The number of methoxy groups -OCH3 is 1. The second-order valence-electron chi connectivity index (χ2n) is 5.53. The van der Waals surface area contributed by atoms with Crippen LogP contribution >= 0.6 is 22.7 Å². The van der Waals surface area contributed by atoms with Gasteiger partial charge in [-0.15, -0.1) is 11.3 Å². The Kier molecular flexibility index (Phi) is 7.68. The minimum Gasteiger partial charge on any atom is -0.375 e. The van der Waals surface area contributed by atoms with Gasteiger partial charge in [-0.05, 0) is 42.7 Å². The van der Waals surface area contributed by atoms with E-state index in [9.17, 15) is 0 Å². The summed E-state index contributed by atoms with van der Waals surface area (Å²) in [7, 11) is 3.76. The number of hydrogen-bond donors (Lipinski definition) is 1. The van der Waals surface area contributed by atoms with E-state index in [2.05, 4.69) is 44.3 Å². The fourth-order valence-corrected chi connectivity index (χ4v) is 3.74. The van der Waals surface area contributed by atoms with Crippen molar-refractivity contribution in [2.75, 3.05) is 27.2 Å². The van der Waals surface area contributed by atoms with Crippen LogP contribution in [0, 0.1) is 0 Å². The first-order chi connectivity index (χ1) is 11.6. The Morgan fingerprint density at radius 3 is 2.96 bits per heavy atom. The largest absolute Gasteiger partial charge is 0.375 e. The Balaban J connectivity index is 1.94. The molecule has 0 fully saturated rings. The SMILES string of the molecule is CCNC(=NCCc1ccsc1)N(C)Cc1csc(C(C)OC)n1. The molecule has 2 rings (SSSR count). The Hall–Kier alpha value is -1.44. The van der Waals surface area contributed by atoms with Crippen molar-refractivity contribution in [1.82, 2.24) is 15.2 Å². The quantitative estimate of drug-likeness (QED) is 0.573. The summed E-state index contributed by atoms with van der Waals surface area (Å²) in [4.78, 5) is 11.5. The summed E-state index contributed by atoms with van der Waals surface area (Å²) in [5, 5.41) is 10.7. The first kappa shape index (κ1) is 18.9. The van der Waals surface area contributed by atoms with Crippen LogP contribution in [0.25, 0.3) is 0 Å². The van der Waals surface area contributed by atoms with E-state index in [4.69, 9.17) is 9.73 Å². The third-order valence-corrected chi connectivity index (χ3v) is 5.40. The van der Waals surface area contributed by atoms with Crippen molar-refractivity contribution < 1.29 is 4.74 Å². The second kappa shape index (κ2) is 9.76. The number of rotatable bonds is 8. The zero-order valence-electron chi connectivity index (χ0n) is 14.8. The van der Waals surface area contributed by atoms with Crippen LogP contribution in [-0.2, 0) is 17.7 Å².